The number of piperazine rings is 1. The van der Waals surface area contributed by atoms with Gasteiger partial charge in [-0.15, -0.1) is 0 Å². The number of methoxy groups -OCH3 is 1. The van der Waals surface area contributed by atoms with Gasteiger partial charge in [0.25, 0.3) is 0 Å². The van der Waals surface area contributed by atoms with Gasteiger partial charge in [0.05, 0.1) is 26.6 Å². The van der Waals surface area contributed by atoms with Crippen LogP contribution in [0, 0.1) is 0 Å². The molecule has 0 radical (unpaired) electrons. The predicted octanol–water partition coefficient (Wildman–Crippen LogP) is 2.74. The number of hydrazine groups is 1. The van der Waals surface area contributed by atoms with Crippen LogP contribution in [0.15, 0.2) is 84.9 Å². The lowest BCUT2D eigenvalue weighted by Gasteiger charge is -2.54. The van der Waals surface area contributed by atoms with Gasteiger partial charge in [0.1, 0.15) is 18.0 Å². The lowest BCUT2D eigenvalue weighted by atomic mass is 9.90. The Hall–Kier alpha value is -4.90. The Morgan fingerprint density at radius 2 is 1.56 bits per heavy atom. The SMILES string of the molecule is COc1ccc(CNC(=O)N2C3CN(CC(c4ccccc4)c4ccccc4)C(=O)[C@H](CC(=O)O)N3C(=O)CN2C)cc1. The zero-order valence-corrected chi connectivity index (χ0v) is 24.1. The Bertz CT molecular complexity index is 1410. The Morgan fingerprint density at radius 3 is 2.12 bits per heavy atom. The quantitative estimate of drug-likeness (QED) is 0.396. The molecule has 11 nitrogen and oxygen atoms in total. The molecule has 3 aromatic rings. The number of hydrogen-bond acceptors (Lipinski definition) is 6. The minimum Gasteiger partial charge on any atom is -0.497 e. The fourth-order valence-electron chi connectivity index (χ4n) is 5.83. The summed E-state index contributed by atoms with van der Waals surface area (Å²) in [7, 11) is 3.21. The molecule has 43 heavy (non-hydrogen) atoms. The number of likely N-dealkylation sites (N-methyl/N-ethyl adjacent to an activating group) is 1. The van der Waals surface area contributed by atoms with Crippen LogP contribution >= 0.6 is 0 Å². The van der Waals surface area contributed by atoms with Crippen LogP contribution in [0.3, 0.4) is 0 Å². The van der Waals surface area contributed by atoms with Crippen molar-refractivity contribution in [1.82, 2.24) is 25.1 Å². The van der Waals surface area contributed by atoms with E-state index in [-0.39, 0.29) is 32.1 Å². The molecule has 2 atom stereocenters. The fourth-order valence-corrected chi connectivity index (χ4v) is 5.83. The van der Waals surface area contributed by atoms with Gasteiger partial charge in [-0.05, 0) is 28.8 Å². The van der Waals surface area contributed by atoms with Gasteiger partial charge in [-0.1, -0.05) is 72.8 Å². The standard InChI is InChI=1S/C32H35N5O6/c1-34-21-29(38)36-27(17-30(39)40)31(41)35(19-26(23-9-5-3-6-10-23)24-11-7-4-8-12-24)20-28(36)37(34)32(42)33-18-22-13-15-25(43-2)16-14-22/h3-16,26-28H,17-21H2,1-2H3,(H,33,42)(H,39,40)/t27-,28?/m0/s1. The lowest BCUT2D eigenvalue weighted by Crippen LogP contribution is -2.76. The average molecular weight is 586 g/mol. The Balaban J connectivity index is 1.45. The number of aliphatic carboxylic acids is 1. The second-order valence-electron chi connectivity index (χ2n) is 10.7. The lowest BCUT2D eigenvalue weighted by molar-refractivity contribution is -0.188. The Labute approximate surface area is 250 Å². The molecule has 4 amide bonds. The molecule has 3 aromatic carbocycles. The highest BCUT2D eigenvalue weighted by Crippen LogP contribution is 2.31. The second kappa shape index (κ2) is 13.0. The fraction of sp³-hybridized carbons (Fsp3) is 0.312. The van der Waals surface area contributed by atoms with Crippen molar-refractivity contribution >= 4 is 23.8 Å². The highest BCUT2D eigenvalue weighted by Gasteiger charge is 2.51. The van der Waals surface area contributed by atoms with Crippen LogP contribution in [-0.4, -0.2) is 94.7 Å². The summed E-state index contributed by atoms with van der Waals surface area (Å²) in [4.78, 5) is 55.7. The van der Waals surface area contributed by atoms with E-state index in [0.717, 1.165) is 16.7 Å². The topological polar surface area (TPSA) is 123 Å². The number of fused-ring (bicyclic) bond motifs is 1. The minimum atomic E-state index is -1.25. The third-order valence-electron chi connectivity index (χ3n) is 7.93. The third kappa shape index (κ3) is 6.46. The van der Waals surface area contributed by atoms with Gasteiger partial charge in [-0.25, -0.2) is 14.8 Å². The minimum absolute atomic E-state index is 0.0250. The number of rotatable bonds is 9. The van der Waals surface area contributed by atoms with Gasteiger partial charge in [0, 0.05) is 26.1 Å². The van der Waals surface area contributed by atoms with Crippen LogP contribution in [0.2, 0.25) is 0 Å². The third-order valence-corrected chi connectivity index (χ3v) is 7.93. The molecule has 0 saturated carbocycles. The highest BCUT2D eigenvalue weighted by molar-refractivity contribution is 5.93. The number of benzene rings is 3. The number of carboxylic acids is 1. The molecule has 0 aliphatic carbocycles. The molecule has 2 aliphatic rings. The monoisotopic (exact) mass is 585 g/mol. The smallest absolute Gasteiger partial charge is 0.334 e. The molecule has 0 spiro atoms. The van der Waals surface area contributed by atoms with E-state index in [1.807, 2.05) is 72.8 Å². The van der Waals surface area contributed by atoms with Crippen LogP contribution < -0.4 is 10.1 Å². The van der Waals surface area contributed by atoms with Crippen molar-refractivity contribution in [1.29, 1.82) is 0 Å². The summed E-state index contributed by atoms with van der Waals surface area (Å²) in [5.41, 5.74) is 2.83. The molecule has 5 rings (SSSR count). The summed E-state index contributed by atoms with van der Waals surface area (Å²) in [6.07, 6.45) is -1.46. The highest BCUT2D eigenvalue weighted by atomic mass is 16.5. The van der Waals surface area contributed by atoms with Gasteiger partial charge >= 0.3 is 12.0 Å². The number of nitrogens with one attached hydrogen (secondary N) is 1. The van der Waals surface area contributed by atoms with Crippen molar-refractivity contribution in [3.05, 3.63) is 102 Å². The summed E-state index contributed by atoms with van der Waals surface area (Å²) >= 11 is 0. The molecule has 2 heterocycles. The first kappa shape index (κ1) is 29.6. The molecule has 1 unspecified atom stereocenters. The molecule has 11 heteroatoms. The number of carboxylic acid groups (broad SMARTS) is 1. The van der Waals surface area contributed by atoms with E-state index < -0.39 is 42.4 Å². The maximum atomic E-state index is 13.9. The maximum absolute atomic E-state index is 13.9. The van der Waals surface area contributed by atoms with Crippen LogP contribution in [0.4, 0.5) is 4.79 Å². The molecule has 0 bridgehead atoms. The zero-order chi connectivity index (χ0) is 30.5. The van der Waals surface area contributed by atoms with E-state index in [0.29, 0.717) is 5.75 Å². The molecule has 0 aromatic heterocycles. The van der Waals surface area contributed by atoms with Crippen LogP contribution in [0.25, 0.3) is 0 Å². The molecule has 2 saturated heterocycles. The Morgan fingerprint density at radius 1 is 0.953 bits per heavy atom. The average Bonchev–Trinajstić information content (AvgIpc) is 3.01. The van der Waals surface area contributed by atoms with E-state index >= 15 is 0 Å². The first-order chi connectivity index (χ1) is 20.8. The summed E-state index contributed by atoms with van der Waals surface area (Å²) in [6, 6.07) is 25.1. The van der Waals surface area contributed by atoms with E-state index in [2.05, 4.69) is 5.32 Å². The van der Waals surface area contributed by atoms with E-state index in [1.54, 1.807) is 31.2 Å². The van der Waals surface area contributed by atoms with Crippen LogP contribution in [-0.2, 0) is 20.9 Å². The van der Waals surface area contributed by atoms with Crippen molar-refractivity contribution in [3.63, 3.8) is 0 Å². The summed E-state index contributed by atoms with van der Waals surface area (Å²) in [5.74, 6) is -1.58. The van der Waals surface area contributed by atoms with Crippen molar-refractivity contribution < 1.29 is 29.0 Å². The van der Waals surface area contributed by atoms with Crippen LogP contribution in [0.5, 0.6) is 5.75 Å². The molecule has 224 valence electrons. The van der Waals surface area contributed by atoms with Crippen molar-refractivity contribution in [2.24, 2.45) is 0 Å². The molecular formula is C32H35N5O6. The van der Waals surface area contributed by atoms with Crippen molar-refractivity contribution in [3.8, 4) is 5.75 Å². The molecule has 2 aliphatic heterocycles. The zero-order valence-electron chi connectivity index (χ0n) is 24.1. The van der Waals surface area contributed by atoms with E-state index in [9.17, 15) is 24.3 Å². The molecule has 2 N–H and O–H groups in total. The number of urea groups is 1. The van der Waals surface area contributed by atoms with Gasteiger partial charge in [-0.2, -0.15) is 0 Å². The number of ether oxygens (including phenoxy) is 1. The molecular weight excluding hydrogens is 550 g/mol. The molecule has 2 fully saturated rings. The number of nitrogens with zero attached hydrogens (tertiary/aromatic N) is 4. The van der Waals surface area contributed by atoms with Crippen LogP contribution in [0.1, 0.15) is 29.0 Å². The summed E-state index contributed by atoms with van der Waals surface area (Å²) in [5, 5.41) is 15.6. The van der Waals surface area contributed by atoms with Gasteiger partial charge in [0.15, 0.2) is 0 Å². The normalized spacial score (nSPS) is 18.9. The number of hydrogen-bond donors (Lipinski definition) is 2. The van der Waals surface area contributed by atoms with Crippen molar-refractivity contribution in [2.45, 2.75) is 31.1 Å². The number of carbonyl (C=O) groups is 4. The van der Waals surface area contributed by atoms with Gasteiger partial charge in [-0.3, -0.25) is 14.4 Å². The first-order valence-corrected chi connectivity index (χ1v) is 14.1. The van der Waals surface area contributed by atoms with Crippen molar-refractivity contribution in [2.75, 3.05) is 33.8 Å². The predicted molar refractivity (Wildman–Crippen MR) is 158 cm³/mol. The van der Waals surface area contributed by atoms with E-state index in [1.165, 1.54) is 14.9 Å². The van der Waals surface area contributed by atoms with Gasteiger partial charge in [0.2, 0.25) is 11.8 Å². The number of carbonyl (C=O) groups excluding carboxylic acids is 3. The first-order valence-electron chi connectivity index (χ1n) is 14.1. The van der Waals surface area contributed by atoms with E-state index in [4.69, 9.17) is 4.74 Å². The van der Waals surface area contributed by atoms with Gasteiger partial charge < -0.3 is 25.0 Å². The largest absolute Gasteiger partial charge is 0.497 e. The maximum Gasteiger partial charge on any atom is 0.334 e. The summed E-state index contributed by atoms with van der Waals surface area (Å²) < 4.78 is 5.20. The number of amides is 4. The summed E-state index contributed by atoms with van der Waals surface area (Å²) in [6.45, 7) is 0.315. The Kier molecular flexibility index (Phi) is 8.91. The second-order valence-corrected chi connectivity index (χ2v) is 10.7.